The molecule has 7 heteroatoms. The number of halogens is 1. The van der Waals surface area contributed by atoms with Gasteiger partial charge in [0, 0.05) is 5.56 Å². The number of hydrogen-bond donors (Lipinski definition) is 2. The number of H-pyrrole nitrogens is 1. The fourth-order valence-electron chi connectivity index (χ4n) is 1.66. The molecule has 0 aliphatic rings. The van der Waals surface area contributed by atoms with Gasteiger partial charge < -0.3 is 15.4 Å². The number of nitrogens with one attached hydrogen (secondary N) is 2. The molecular formula is C11H11FN4O2. The number of nitrogens with zero attached hydrogens (tertiary/aromatic N) is 2. The van der Waals surface area contributed by atoms with Gasteiger partial charge >= 0.3 is 5.82 Å². The van der Waals surface area contributed by atoms with Crippen LogP contribution in [0.4, 0.5) is 15.9 Å². The standard InChI is InChI=1S/C11H11FN4O2/c1-7(8-4-2-3-5-9(8)12)14-10-6-13-15-11(10)16(17)18/h2-7,14H,1H3,(H,13,15). The number of anilines is 1. The van der Waals surface area contributed by atoms with Crippen molar-refractivity contribution in [2.24, 2.45) is 0 Å². The monoisotopic (exact) mass is 250 g/mol. The van der Waals surface area contributed by atoms with Gasteiger partial charge in [-0.15, -0.1) is 5.10 Å². The van der Waals surface area contributed by atoms with Crippen LogP contribution in [-0.2, 0) is 0 Å². The highest BCUT2D eigenvalue weighted by molar-refractivity contribution is 5.56. The average Bonchev–Trinajstić information content (AvgIpc) is 2.77. The number of aromatic amines is 1. The lowest BCUT2D eigenvalue weighted by atomic mass is 10.1. The zero-order valence-electron chi connectivity index (χ0n) is 9.55. The number of rotatable bonds is 4. The molecule has 0 bridgehead atoms. The molecule has 1 unspecified atom stereocenters. The Morgan fingerprint density at radius 2 is 2.22 bits per heavy atom. The van der Waals surface area contributed by atoms with E-state index in [1.165, 1.54) is 12.3 Å². The predicted molar refractivity (Wildman–Crippen MR) is 63.7 cm³/mol. The summed E-state index contributed by atoms with van der Waals surface area (Å²) in [5.74, 6) is -0.596. The lowest BCUT2D eigenvalue weighted by molar-refractivity contribution is -0.388. The van der Waals surface area contributed by atoms with Gasteiger partial charge in [0.2, 0.25) is 0 Å². The van der Waals surface area contributed by atoms with E-state index in [2.05, 4.69) is 15.5 Å². The zero-order chi connectivity index (χ0) is 13.1. The maximum Gasteiger partial charge on any atom is 0.366 e. The van der Waals surface area contributed by atoms with Crippen LogP contribution in [0.2, 0.25) is 0 Å². The second kappa shape index (κ2) is 4.82. The van der Waals surface area contributed by atoms with Crippen LogP contribution < -0.4 is 5.32 Å². The highest BCUT2D eigenvalue weighted by atomic mass is 19.1. The first-order valence-corrected chi connectivity index (χ1v) is 5.28. The second-order valence-corrected chi connectivity index (χ2v) is 3.78. The Morgan fingerprint density at radius 1 is 1.50 bits per heavy atom. The van der Waals surface area contributed by atoms with Crippen molar-refractivity contribution in [1.82, 2.24) is 10.2 Å². The maximum atomic E-state index is 13.5. The molecule has 0 aliphatic carbocycles. The molecular weight excluding hydrogens is 239 g/mol. The highest BCUT2D eigenvalue weighted by Crippen LogP contribution is 2.26. The SMILES string of the molecule is CC(Nc1cn[nH]c1[N+](=O)[O-])c1ccccc1F. The Balaban J connectivity index is 2.22. The van der Waals surface area contributed by atoms with Gasteiger partial charge in [0.1, 0.15) is 12.0 Å². The van der Waals surface area contributed by atoms with Crippen molar-refractivity contribution in [2.75, 3.05) is 5.32 Å². The summed E-state index contributed by atoms with van der Waals surface area (Å²) in [5.41, 5.74) is 0.670. The first kappa shape index (κ1) is 12.0. The zero-order valence-corrected chi connectivity index (χ0v) is 9.55. The van der Waals surface area contributed by atoms with Gasteiger partial charge in [-0.3, -0.25) is 0 Å². The van der Waals surface area contributed by atoms with E-state index < -0.39 is 11.0 Å². The van der Waals surface area contributed by atoms with E-state index in [1.807, 2.05) is 0 Å². The third-order valence-electron chi connectivity index (χ3n) is 2.55. The van der Waals surface area contributed by atoms with Gasteiger partial charge in [0.05, 0.1) is 6.04 Å². The Kier molecular flexibility index (Phi) is 3.22. The van der Waals surface area contributed by atoms with Crippen LogP contribution in [0.1, 0.15) is 18.5 Å². The summed E-state index contributed by atoms with van der Waals surface area (Å²) in [4.78, 5) is 10.1. The Labute approximate surface area is 102 Å². The molecule has 94 valence electrons. The van der Waals surface area contributed by atoms with E-state index in [-0.39, 0.29) is 17.3 Å². The fraction of sp³-hybridized carbons (Fsp3) is 0.182. The maximum absolute atomic E-state index is 13.5. The Morgan fingerprint density at radius 3 is 2.89 bits per heavy atom. The van der Waals surface area contributed by atoms with E-state index in [0.29, 0.717) is 5.56 Å². The van der Waals surface area contributed by atoms with Crippen molar-refractivity contribution >= 4 is 11.5 Å². The molecule has 1 heterocycles. The minimum atomic E-state index is -0.580. The van der Waals surface area contributed by atoms with E-state index in [1.54, 1.807) is 25.1 Å². The van der Waals surface area contributed by atoms with Gasteiger partial charge in [0.25, 0.3) is 0 Å². The lowest BCUT2D eigenvalue weighted by Crippen LogP contribution is -2.09. The Hall–Kier alpha value is -2.44. The fourth-order valence-corrected chi connectivity index (χ4v) is 1.66. The first-order chi connectivity index (χ1) is 8.59. The smallest absolute Gasteiger partial charge is 0.366 e. The number of aromatic nitrogens is 2. The van der Waals surface area contributed by atoms with Crippen molar-refractivity contribution in [2.45, 2.75) is 13.0 Å². The van der Waals surface area contributed by atoms with Crippen LogP contribution in [-0.4, -0.2) is 15.1 Å². The number of nitro groups is 1. The molecule has 0 saturated carbocycles. The predicted octanol–water partition coefficient (Wildman–Crippen LogP) is 2.63. The van der Waals surface area contributed by atoms with E-state index >= 15 is 0 Å². The molecule has 1 aromatic carbocycles. The summed E-state index contributed by atoms with van der Waals surface area (Å²) in [6.45, 7) is 1.72. The number of hydrogen-bond acceptors (Lipinski definition) is 4. The number of benzene rings is 1. The first-order valence-electron chi connectivity index (χ1n) is 5.28. The van der Waals surface area contributed by atoms with Crippen LogP contribution in [0, 0.1) is 15.9 Å². The summed E-state index contributed by atoms with van der Waals surface area (Å²) < 4.78 is 13.5. The van der Waals surface area contributed by atoms with Crippen LogP contribution in [0.5, 0.6) is 0 Å². The molecule has 1 aromatic heterocycles. The van der Waals surface area contributed by atoms with Crippen molar-refractivity contribution in [3.8, 4) is 0 Å². The van der Waals surface area contributed by atoms with Crippen LogP contribution in [0.25, 0.3) is 0 Å². The quantitative estimate of drug-likeness (QED) is 0.645. The summed E-state index contributed by atoms with van der Waals surface area (Å²) in [6, 6.07) is 5.87. The van der Waals surface area contributed by atoms with Gasteiger partial charge in [-0.2, -0.15) is 0 Å². The van der Waals surface area contributed by atoms with Gasteiger partial charge in [-0.25, -0.2) is 4.39 Å². The van der Waals surface area contributed by atoms with Crippen molar-refractivity contribution < 1.29 is 9.31 Å². The molecule has 0 radical (unpaired) electrons. The van der Waals surface area contributed by atoms with Gasteiger partial charge in [-0.05, 0) is 17.9 Å². The van der Waals surface area contributed by atoms with Crippen molar-refractivity contribution in [1.29, 1.82) is 0 Å². The van der Waals surface area contributed by atoms with Crippen LogP contribution >= 0.6 is 0 Å². The molecule has 1 atom stereocenters. The topological polar surface area (TPSA) is 83.8 Å². The summed E-state index contributed by atoms with van der Waals surface area (Å²) >= 11 is 0. The van der Waals surface area contributed by atoms with Gasteiger partial charge in [0.15, 0.2) is 5.69 Å². The van der Waals surface area contributed by atoms with Crippen molar-refractivity contribution in [3.63, 3.8) is 0 Å². The Bertz CT molecular complexity index is 570. The average molecular weight is 250 g/mol. The second-order valence-electron chi connectivity index (χ2n) is 3.78. The van der Waals surface area contributed by atoms with E-state index in [4.69, 9.17) is 0 Å². The molecule has 2 N–H and O–H groups in total. The molecule has 6 nitrogen and oxygen atoms in total. The van der Waals surface area contributed by atoms with Gasteiger partial charge in [-0.1, -0.05) is 23.3 Å². The lowest BCUT2D eigenvalue weighted by Gasteiger charge is -2.14. The molecule has 0 spiro atoms. The molecule has 2 aromatic rings. The van der Waals surface area contributed by atoms with E-state index in [0.717, 1.165) is 0 Å². The third kappa shape index (κ3) is 2.29. The normalized spacial score (nSPS) is 12.1. The van der Waals surface area contributed by atoms with Crippen molar-refractivity contribution in [3.05, 3.63) is 52.0 Å². The minimum Gasteiger partial charge on any atom is -0.370 e. The summed E-state index contributed by atoms with van der Waals surface area (Å²) in [6.07, 6.45) is 1.30. The molecule has 0 aliphatic heterocycles. The van der Waals surface area contributed by atoms with Crippen LogP contribution in [0.15, 0.2) is 30.5 Å². The molecule has 0 amide bonds. The molecule has 2 rings (SSSR count). The highest BCUT2D eigenvalue weighted by Gasteiger charge is 2.18. The molecule has 18 heavy (non-hydrogen) atoms. The summed E-state index contributed by atoms with van der Waals surface area (Å²) in [7, 11) is 0. The largest absolute Gasteiger partial charge is 0.370 e. The summed E-state index contributed by atoms with van der Waals surface area (Å²) in [5, 5.41) is 19.4. The molecule has 0 saturated heterocycles. The minimum absolute atomic E-state index is 0.232. The molecule has 0 fully saturated rings. The van der Waals surface area contributed by atoms with Crippen LogP contribution in [0.3, 0.4) is 0 Å². The third-order valence-corrected chi connectivity index (χ3v) is 2.55. The van der Waals surface area contributed by atoms with E-state index in [9.17, 15) is 14.5 Å².